The van der Waals surface area contributed by atoms with Crippen molar-refractivity contribution in [1.29, 1.82) is 0 Å². The van der Waals surface area contributed by atoms with Crippen molar-refractivity contribution in [3.05, 3.63) is 28.8 Å². The molecule has 0 aromatic carbocycles. The van der Waals surface area contributed by atoms with Gasteiger partial charge in [-0.1, -0.05) is 0 Å². The van der Waals surface area contributed by atoms with E-state index in [1.807, 2.05) is 0 Å². The molecular weight excluding hydrogens is 222 g/mol. The fourth-order valence-electron chi connectivity index (χ4n) is 1.57. The average Bonchev–Trinajstić information content (AvgIpc) is 2.71. The Morgan fingerprint density at radius 3 is 2.76 bits per heavy atom. The molecule has 2 aromatic heterocycles. The Bertz CT molecular complexity index is 554. The van der Waals surface area contributed by atoms with E-state index in [0.29, 0.717) is 17.3 Å². The van der Waals surface area contributed by atoms with Gasteiger partial charge in [-0.3, -0.25) is 4.79 Å². The summed E-state index contributed by atoms with van der Waals surface area (Å²) in [4.78, 5) is 19.2. The Kier molecular flexibility index (Phi) is 2.40. The molecular formula is C11H11N3O3. The molecule has 0 bridgehead atoms. The van der Waals surface area contributed by atoms with E-state index < -0.39 is 0 Å². The van der Waals surface area contributed by atoms with Crippen LogP contribution in [0.3, 0.4) is 0 Å². The van der Waals surface area contributed by atoms with Gasteiger partial charge in [-0.2, -0.15) is 5.16 Å². The lowest BCUT2D eigenvalue weighted by molar-refractivity contribution is 0.114. The first-order valence-electron chi connectivity index (χ1n) is 5.49. The highest BCUT2D eigenvalue weighted by molar-refractivity contribution is 5.49. The van der Waals surface area contributed by atoms with Crippen molar-refractivity contribution < 1.29 is 9.26 Å². The lowest BCUT2D eigenvalue weighted by Gasteiger charge is -2.25. The van der Waals surface area contributed by atoms with Crippen molar-refractivity contribution in [2.24, 2.45) is 0 Å². The Morgan fingerprint density at radius 1 is 1.35 bits per heavy atom. The monoisotopic (exact) mass is 233 g/mol. The van der Waals surface area contributed by atoms with Gasteiger partial charge in [0, 0.05) is 0 Å². The summed E-state index contributed by atoms with van der Waals surface area (Å²) in [6.07, 6.45) is 6.72. The molecule has 0 unspecified atom stereocenters. The van der Waals surface area contributed by atoms with Gasteiger partial charge < -0.3 is 9.26 Å². The summed E-state index contributed by atoms with van der Waals surface area (Å²) < 4.78 is 10.5. The smallest absolute Gasteiger partial charge is 0.280 e. The van der Waals surface area contributed by atoms with Gasteiger partial charge in [-0.05, 0) is 19.3 Å². The van der Waals surface area contributed by atoms with Crippen LogP contribution in [-0.4, -0.2) is 21.2 Å². The third-order valence-corrected chi connectivity index (χ3v) is 2.74. The Balaban J connectivity index is 1.77. The number of H-pyrrole nitrogens is 1. The summed E-state index contributed by atoms with van der Waals surface area (Å²) in [5, 5.41) is 2.20. The fourth-order valence-corrected chi connectivity index (χ4v) is 1.57. The highest BCUT2D eigenvalue weighted by Gasteiger charge is 2.19. The predicted octanol–water partition coefficient (Wildman–Crippen LogP) is 1.36. The van der Waals surface area contributed by atoms with Crippen LogP contribution in [0.5, 0.6) is 5.88 Å². The number of aromatic amines is 1. The molecule has 1 saturated carbocycles. The van der Waals surface area contributed by atoms with Gasteiger partial charge in [0.2, 0.25) is 5.88 Å². The van der Waals surface area contributed by atoms with Crippen molar-refractivity contribution in [1.82, 2.24) is 15.1 Å². The topological polar surface area (TPSA) is 81.0 Å². The zero-order valence-corrected chi connectivity index (χ0v) is 9.05. The first-order chi connectivity index (χ1) is 8.31. The number of nitrogens with zero attached hydrogens (tertiary/aromatic N) is 2. The molecule has 0 amide bonds. The quantitative estimate of drug-likeness (QED) is 0.865. The molecule has 1 fully saturated rings. The second kappa shape index (κ2) is 4.04. The third kappa shape index (κ3) is 2.06. The molecule has 6 heteroatoms. The molecule has 0 aliphatic heterocycles. The molecule has 0 atom stereocenters. The average molecular weight is 233 g/mol. The minimum absolute atomic E-state index is 0.278. The van der Waals surface area contributed by atoms with Crippen molar-refractivity contribution in [2.75, 3.05) is 0 Å². The number of aromatic nitrogens is 3. The van der Waals surface area contributed by atoms with Gasteiger partial charge in [-0.15, -0.1) is 0 Å². The minimum Gasteiger partial charge on any atom is -0.473 e. The molecule has 0 spiro atoms. The van der Waals surface area contributed by atoms with E-state index in [9.17, 15) is 4.79 Å². The number of hydrogen-bond donors (Lipinski definition) is 1. The largest absolute Gasteiger partial charge is 0.473 e. The van der Waals surface area contributed by atoms with Crippen LogP contribution in [0.1, 0.15) is 19.3 Å². The lowest BCUT2D eigenvalue weighted by Crippen LogP contribution is -2.24. The summed E-state index contributed by atoms with van der Waals surface area (Å²) in [5.74, 6) is 0.883. The molecule has 6 nitrogen and oxygen atoms in total. The maximum absolute atomic E-state index is 10.9. The van der Waals surface area contributed by atoms with Crippen LogP contribution in [0.25, 0.3) is 11.5 Å². The molecule has 0 radical (unpaired) electrons. The summed E-state index contributed by atoms with van der Waals surface area (Å²) >= 11 is 0. The zero-order valence-electron chi connectivity index (χ0n) is 9.05. The first-order valence-corrected chi connectivity index (χ1v) is 5.49. The highest BCUT2D eigenvalue weighted by atomic mass is 16.5. The van der Waals surface area contributed by atoms with Crippen LogP contribution in [0.2, 0.25) is 0 Å². The van der Waals surface area contributed by atoms with Gasteiger partial charge in [0.25, 0.3) is 5.56 Å². The maximum atomic E-state index is 10.9. The summed E-state index contributed by atoms with van der Waals surface area (Å²) in [5.41, 5.74) is 0.209. The van der Waals surface area contributed by atoms with Crippen molar-refractivity contribution in [3.63, 3.8) is 0 Å². The van der Waals surface area contributed by atoms with Gasteiger partial charge in [0.15, 0.2) is 5.76 Å². The van der Waals surface area contributed by atoms with Gasteiger partial charge in [0.1, 0.15) is 11.8 Å². The molecule has 17 heavy (non-hydrogen) atoms. The summed E-state index contributed by atoms with van der Waals surface area (Å²) in [7, 11) is 0. The minimum atomic E-state index is -0.295. The number of hydrogen-bond acceptors (Lipinski definition) is 5. The number of ether oxygens (including phenoxy) is 1. The Morgan fingerprint density at radius 2 is 2.24 bits per heavy atom. The Labute approximate surface area is 96.6 Å². The van der Waals surface area contributed by atoms with E-state index in [0.717, 1.165) is 12.8 Å². The second-order valence-electron chi connectivity index (χ2n) is 3.99. The normalized spacial score (nSPS) is 15.5. The van der Waals surface area contributed by atoms with Crippen LogP contribution < -0.4 is 10.3 Å². The molecule has 88 valence electrons. The van der Waals surface area contributed by atoms with Crippen molar-refractivity contribution in [2.45, 2.75) is 25.4 Å². The molecule has 2 aromatic rings. The van der Waals surface area contributed by atoms with E-state index in [-0.39, 0.29) is 11.7 Å². The lowest BCUT2D eigenvalue weighted by atomic mass is 9.96. The molecule has 1 N–H and O–H groups in total. The molecule has 0 saturated heterocycles. The van der Waals surface area contributed by atoms with Crippen molar-refractivity contribution in [3.8, 4) is 17.3 Å². The van der Waals surface area contributed by atoms with E-state index >= 15 is 0 Å². The van der Waals surface area contributed by atoms with E-state index in [2.05, 4.69) is 15.1 Å². The molecule has 1 aliphatic carbocycles. The van der Waals surface area contributed by atoms with Gasteiger partial charge in [-0.25, -0.2) is 9.97 Å². The van der Waals surface area contributed by atoms with Crippen LogP contribution >= 0.6 is 0 Å². The second-order valence-corrected chi connectivity index (χ2v) is 3.99. The van der Waals surface area contributed by atoms with Crippen LogP contribution in [0, 0.1) is 0 Å². The van der Waals surface area contributed by atoms with E-state index in [4.69, 9.17) is 9.26 Å². The maximum Gasteiger partial charge on any atom is 0.280 e. The van der Waals surface area contributed by atoms with Crippen LogP contribution in [0.15, 0.2) is 27.8 Å². The van der Waals surface area contributed by atoms with Crippen LogP contribution in [0.4, 0.5) is 0 Å². The third-order valence-electron chi connectivity index (χ3n) is 2.74. The summed E-state index contributed by atoms with van der Waals surface area (Å²) in [6.45, 7) is 0. The first kappa shape index (κ1) is 10.1. The zero-order chi connectivity index (χ0) is 11.7. The highest BCUT2D eigenvalue weighted by Crippen LogP contribution is 2.24. The molecule has 1 aliphatic rings. The SMILES string of the molecule is O=c1cc(-c2cnc(OC3CCC3)cn2)o[nH]1. The standard InChI is InChI=1S/C11H11N3O3/c15-10-4-9(17-14-10)8-5-13-11(6-12-8)16-7-2-1-3-7/h4-7H,1-3H2,(H,14,15). The number of rotatable bonds is 3. The van der Waals surface area contributed by atoms with Crippen molar-refractivity contribution >= 4 is 0 Å². The molecule has 2 heterocycles. The summed E-state index contributed by atoms with van der Waals surface area (Å²) in [6, 6.07) is 1.33. The van der Waals surface area contributed by atoms with E-state index in [1.54, 1.807) is 6.20 Å². The van der Waals surface area contributed by atoms with Crippen LogP contribution in [-0.2, 0) is 0 Å². The Hall–Kier alpha value is -2.11. The molecule has 3 rings (SSSR count). The fraction of sp³-hybridized carbons (Fsp3) is 0.364. The van der Waals surface area contributed by atoms with Gasteiger partial charge in [0.05, 0.1) is 18.5 Å². The predicted molar refractivity (Wildman–Crippen MR) is 58.6 cm³/mol. The van der Waals surface area contributed by atoms with E-state index in [1.165, 1.54) is 18.7 Å². The number of nitrogens with one attached hydrogen (secondary N) is 1. The van der Waals surface area contributed by atoms with Gasteiger partial charge >= 0.3 is 0 Å².